The third-order valence-electron chi connectivity index (χ3n) is 8.97. The van der Waals surface area contributed by atoms with E-state index in [1.54, 1.807) is 0 Å². The maximum Gasteiger partial charge on any atom is 0.203 e. The van der Waals surface area contributed by atoms with Crippen LogP contribution < -0.4 is 20.9 Å². The standard InChI is InChI=1S/C38H26N4Si/c1-4-16-34-30(13-1)31-21-20-27(41-24-10-23-40-41)26-35(31)42(34)28-11-9-12-29(25-28)43(38-19-7-8-22-39-38)36-17-5-2-14-32(36)33-15-3-6-18-37(33)43/h1-26H. The van der Waals surface area contributed by atoms with E-state index in [4.69, 9.17) is 4.98 Å². The SMILES string of the molecule is c1ccc([Si]2(c3cccc(-n4c5ccccc5c5ccc(-n6cccn6)cc54)c3)c3ccccc3-c3ccccc32)nc1. The Bertz CT molecular complexity index is 2260. The Morgan fingerprint density at radius 3 is 2.02 bits per heavy atom. The first-order valence-electron chi connectivity index (χ1n) is 14.6. The van der Waals surface area contributed by atoms with Gasteiger partial charge in [-0.1, -0.05) is 91.0 Å². The molecular weight excluding hydrogens is 541 g/mol. The fraction of sp³-hybridized carbons (Fsp3) is 0. The molecule has 0 saturated carbocycles. The summed E-state index contributed by atoms with van der Waals surface area (Å²) >= 11 is 0. The molecule has 0 radical (unpaired) electrons. The van der Waals surface area contributed by atoms with Gasteiger partial charge in [-0.05, 0) is 75.2 Å². The number of benzene rings is 5. The number of nitrogens with zero attached hydrogens (tertiary/aromatic N) is 4. The first-order valence-corrected chi connectivity index (χ1v) is 16.6. The molecular formula is C38H26N4Si. The van der Waals surface area contributed by atoms with Crippen molar-refractivity contribution >= 4 is 50.8 Å². The first kappa shape index (κ1) is 24.1. The lowest BCUT2D eigenvalue weighted by Gasteiger charge is -2.30. The van der Waals surface area contributed by atoms with Crippen LogP contribution in [-0.4, -0.2) is 27.4 Å². The highest BCUT2D eigenvalue weighted by molar-refractivity contribution is 7.21. The number of pyridine rings is 1. The molecule has 0 saturated heterocycles. The predicted molar refractivity (Wildman–Crippen MR) is 178 cm³/mol. The van der Waals surface area contributed by atoms with E-state index in [0.717, 1.165) is 22.2 Å². The molecule has 202 valence electrons. The van der Waals surface area contributed by atoms with Crippen LogP contribution in [0.3, 0.4) is 0 Å². The van der Waals surface area contributed by atoms with Crippen LogP contribution in [0, 0.1) is 0 Å². The van der Waals surface area contributed by atoms with Crippen molar-refractivity contribution in [2.75, 3.05) is 0 Å². The third-order valence-corrected chi connectivity index (χ3v) is 13.7. The second-order valence-corrected chi connectivity index (χ2v) is 14.8. The lowest BCUT2D eigenvalue weighted by molar-refractivity contribution is 0.881. The predicted octanol–water partition coefficient (Wildman–Crippen LogP) is 5.72. The summed E-state index contributed by atoms with van der Waals surface area (Å²) in [6, 6.07) is 50.8. The Morgan fingerprint density at radius 1 is 0.512 bits per heavy atom. The minimum Gasteiger partial charge on any atom is -0.309 e. The molecule has 4 heterocycles. The number of aromatic nitrogens is 4. The van der Waals surface area contributed by atoms with Gasteiger partial charge in [-0.25, -0.2) is 4.68 Å². The Labute approximate surface area is 250 Å². The lowest BCUT2D eigenvalue weighted by Crippen LogP contribution is -2.73. The molecule has 0 atom stereocenters. The van der Waals surface area contributed by atoms with Gasteiger partial charge in [-0.15, -0.1) is 0 Å². The van der Waals surface area contributed by atoms with E-state index in [0.29, 0.717) is 0 Å². The summed E-state index contributed by atoms with van der Waals surface area (Å²) in [6.07, 6.45) is 5.76. The van der Waals surface area contributed by atoms with Gasteiger partial charge in [0.25, 0.3) is 0 Å². The number of hydrogen-bond acceptors (Lipinski definition) is 2. The number of para-hydroxylation sites is 1. The van der Waals surface area contributed by atoms with Crippen molar-refractivity contribution in [3.8, 4) is 22.5 Å². The Hall–Kier alpha value is -5.52. The minimum absolute atomic E-state index is 1.04. The molecule has 4 nitrogen and oxygen atoms in total. The quantitative estimate of drug-likeness (QED) is 0.256. The second kappa shape index (κ2) is 9.24. The molecule has 5 heteroatoms. The summed E-state index contributed by atoms with van der Waals surface area (Å²) < 4.78 is 4.34. The van der Waals surface area contributed by atoms with Crippen LogP contribution in [0.4, 0.5) is 0 Å². The molecule has 0 N–H and O–H groups in total. The summed E-state index contributed by atoms with van der Waals surface area (Å²) in [6.45, 7) is 0. The van der Waals surface area contributed by atoms with Crippen LogP contribution >= 0.6 is 0 Å². The molecule has 1 aliphatic heterocycles. The summed E-state index contributed by atoms with van der Waals surface area (Å²) in [5.74, 6) is 0. The Kier molecular flexibility index (Phi) is 5.18. The molecule has 0 amide bonds. The molecule has 8 aromatic rings. The van der Waals surface area contributed by atoms with Gasteiger partial charge < -0.3 is 4.57 Å². The Morgan fingerprint density at radius 2 is 1.26 bits per heavy atom. The molecule has 0 unspecified atom stereocenters. The summed E-state index contributed by atoms with van der Waals surface area (Å²) in [5.41, 5.74) is 7.17. The normalized spacial score (nSPS) is 13.3. The van der Waals surface area contributed by atoms with Crippen molar-refractivity contribution in [2.45, 2.75) is 0 Å². The van der Waals surface area contributed by atoms with E-state index in [2.05, 4.69) is 137 Å². The topological polar surface area (TPSA) is 35.6 Å². The lowest BCUT2D eigenvalue weighted by atomic mass is 10.1. The zero-order chi connectivity index (χ0) is 28.4. The van der Waals surface area contributed by atoms with E-state index < -0.39 is 8.07 Å². The summed E-state index contributed by atoms with van der Waals surface area (Å²) in [7, 11) is -2.70. The van der Waals surface area contributed by atoms with Gasteiger partial charge in [0.15, 0.2) is 0 Å². The molecule has 43 heavy (non-hydrogen) atoms. The molecule has 0 bridgehead atoms. The summed E-state index contributed by atoms with van der Waals surface area (Å²) in [4.78, 5) is 5.08. The van der Waals surface area contributed by atoms with Gasteiger partial charge in [0.05, 0.1) is 16.7 Å². The molecule has 9 rings (SSSR count). The van der Waals surface area contributed by atoms with Crippen molar-refractivity contribution in [2.24, 2.45) is 0 Å². The van der Waals surface area contributed by atoms with Crippen LogP contribution in [0.15, 0.2) is 158 Å². The molecule has 0 spiro atoms. The van der Waals surface area contributed by atoms with Crippen molar-refractivity contribution < 1.29 is 0 Å². The monoisotopic (exact) mass is 566 g/mol. The van der Waals surface area contributed by atoms with Gasteiger partial charge in [-0.3, -0.25) is 4.98 Å². The molecule has 3 aromatic heterocycles. The van der Waals surface area contributed by atoms with Crippen molar-refractivity contribution in [1.82, 2.24) is 19.3 Å². The minimum atomic E-state index is -2.70. The van der Waals surface area contributed by atoms with Crippen molar-refractivity contribution in [3.05, 3.63) is 158 Å². The fourth-order valence-corrected chi connectivity index (χ4v) is 12.3. The second-order valence-electron chi connectivity index (χ2n) is 11.1. The van der Waals surface area contributed by atoms with Crippen LogP contribution in [0.2, 0.25) is 0 Å². The van der Waals surface area contributed by atoms with E-state index >= 15 is 0 Å². The Balaban J connectivity index is 1.36. The highest BCUT2D eigenvalue weighted by Gasteiger charge is 2.49. The van der Waals surface area contributed by atoms with E-state index in [-0.39, 0.29) is 0 Å². The van der Waals surface area contributed by atoms with Gasteiger partial charge in [0.1, 0.15) is 0 Å². The average molecular weight is 567 g/mol. The fourth-order valence-electron chi connectivity index (χ4n) is 7.23. The van der Waals surface area contributed by atoms with Crippen LogP contribution in [0.25, 0.3) is 44.3 Å². The van der Waals surface area contributed by atoms with Gasteiger partial charge in [0.2, 0.25) is 8.07 Å². The molecule has 0 aliphatic carbocycles. The van der Waals surface area contributed by atoms with E-state index in [9.17, 15) is 0 Å². The van der Waals surface area contributed by atoms with Gasteiger partial charge >= 0.3 is 0 Å². The molecule has 1 aliphatic rings. The zero-order valence-electron chi connectivity index (χ0n) is 23.3. The summed E-state index contributed by atoms with van der Waals surface area (Å²) in [5, 5.41) is 12.3. The van der Waals surface area contributed by atoms with Crippen LogP contribution in [0.5, 0.6) is 0 Å². The largest absolute Gasteiger partial charge is 0.309 e. The maximum absolute atomic E-state index is 5.08. The van der Waals surface area contributed by atoms with Crippen molar-refractivity contribution in [1.29, 1.82) is 0 Å². The van der Waals surface area contributed by atoms with Crippen LogP contribution in [0.1, 0.15) is 0 Å². The average Bonchev–Trinajstić information content (AvgIpc) is 3.80. The van der Waals surface area contributed by atoms with E-state index in [1.165, 1.54) is 43.0 Å². The number of hydrogen-bond donors (Lipinski definition) is 0. The number of rotatable bonds is 4. The number of fused-ring (bicyclic) bond motifs is 6. The van der Waals surface area contributed by atoms with Gasteiger partial charge in [-0.2, -0.15) is 5.10 Å². The first-order chi connectivity index (χ1) is 21.3. The maximum atomic E-state index is 5.08. The smallest absolute Gasteiger partial charge is 0.203 e. The van der Waals surface area contributed by atoms with E-state index in [1.807, 2.05) is 35.4 Å². The van der Waals surface area contributed by atoms with Gasteiger partial charge in [0, 0.05) is 40.4 Å². The third kappa shape index (κ3) is 3.37. The highest BCUT2D eigenvalue weighted by Crippen LogP contribution is 2.34. The zero-order valence-corrected chi connectivity index (χ0v) is 24.3. The highest BCUT2D eigenvalue weighted by atomic mass is 28.3. The molecule has 5 aromatic carbocycles. The van der Waals surface area contributed by atoms with Crippen LogP contribution in [-0.2, 0) is 0 Å². The van der Waals surface area contributed by atoms with Crippen molar-refractivity contribution in [3.63, 3.8) is 0 Å². The molecule has 0 fully saturated rings.